The van der Waals surface area contributed by atoms with Gasteiger partial charge in [-0.1, -0.05) is 90.0 Å². The highest BCUT2D eigenvalue weighted by Gasteiger charge is 2.17. The van der Waals surface area contributed by atoms with Gasteiger partial charge in [-0.25, -0.2) is 0 Å². The van der Waals surface area contributed by atoms with Gasteiger partial charge in [-0.2, -0.15) is 0 Å². The van der Waals surface area contributed by atoms with E-state index in [-0.39, 0.29) is 18.2 Å². The molecule has 5 nitrogen and oxygen atoms in total. The molecule has 0 radical (unpaired) electrons. The normalized spacial score (nSPS) is 10.8. The Balaban J connectivity index is 0.00000385. The Morgan fingerprint density at radius 2 is 1.70 bits per heavy atom. The largest absolute Gasteiger partial charge is 0.298 e. The highest BCUT2D eigenvalue weighted by Crippen LogP contribution is 2.25. The van der Waals surface area contributed by atoms with Gasteiger partial charge in [-0.15, -0.1) is 12.4 Å². The van der Waals surface area contributed by atoms with Gasteiger partial charge in [0.25, 0.3) is 0 Å². The summed E-state index contributed by atoms with van der Waals surface area (Å²) in [5.41, 5.74) is 12.8. The van der Waals surface area contributed by atoms with Crippen molar-refractivity contribution < 1.29 is 4.79 Å². The average Bonchev–Trinajstić information content (AvgIpc) is 2.79. The SMILES string of the molecule is C=C(CN(C)Cc1ccccc1)C(=O)/C(=C\c1ccc(Cl)cc1)c1ccc(N=[N+]=[N-])cc1.Cl. The van der Waals surface area contributed by atoms with Crippen LogP contribution >= 0.6 is 24.0 Å². The summed E-state index contributed by atoms with van der Waals surface area (Å²) in [6.45, 7) is 5.21. The van der Waals surface area contributed by atoms with Crippen LogP contribution in [0, 0.1) is 0 Å². The molecular formula is C26H24Cl2N4O. The fourth-order valence-corrected chi connectivity index (χ4v) is 3.43. The topological polar surface area (TPSA) is 69.1 Å². The lowest BCUT2D eigenvalue weighted by molar-refractivity contribution is -0.110. The lowest BCUT2D eigenvalue weighted by atomic mass is 9.94. The molecule has 0 aliphatic heterocycles. The van der Waals surface area contributed by atoms with Gasteiger partial charge < -0.3 is 0 Å². The van der Waals surface area contributed by atoms with Crippen molar-refractivity contribution in [3.8, 4) is 0 Å². The maximum absolute atomic E-state index is 13.4. The smallest absolute Gasteiger partial charge is 0.190 e. The molecule has 0 atom stereocenters. The number of allylic oxidation sites excluding steroid dienone is 1. The van der Waals surface area contributed by atoms with Gasteiger partial charge in [0, 0.05) is 39.9 Å². The lowest BCUT2D eigenvalue weighted by Crippen LogP contribution is -2.23. The van der Waals surface area contributed by atoms with E-state index in [1.807, 2.05) is 43.5 Å². The van der Waals surface area contributed by atoms with Crippen molar-refractivity contribution >= 4 is 47.1 Å². The second-order valence-corrected chi connectivity index (χ2v) is 7.87. The number of rotatable bonds is 9. The van der Waals surface area contributed by atoms with Crippen LogP contribution in [-0.2, 0) is 11.3 Å². The molecule has 3 rings (SSSR count). The molecule has 3 aromatic rings. The Morgan fingerprint density at radius 1 is 1.06 bits per heavy atom. The number of ketones is 1. The van der Waals surface area contributed by atoms with Crippen LogP contribution in [-0.4, -0.2) is 24.3 Å². The van der Waals surface area contributed by atoms with Crippen LogP contribution in [0.15, 0.2) is 96.1 Å². The van der Waals surface area contributed by atoms with Crippen molar-refractivity contribution in [3.05, 3.63) is 123 Å². The summed E-state index contributed by atoms with van der Waals surface area (Å²) >= 11 is 6.00. The number of benzene rings is 3. The highest BCUT2D eigenvalue weighted by atomic mass is 35.5. The summed E-state index contributed by atoms with van der Waals surface area (Å²) in [6.07, 6.45) is 1.82. The molecule has 3 aromatic carbocycles. The summed E-state index contributed by atoms with van der Waals surface area (Å²) in [4.78, 5) is 18.3. The van der Waals surface area contributed by atoms with Crippen molar-refractivity contribution in [1.29, 1.82) is 0 Å². The Hall–Kier alpha value is -3.34. The van der Waals surface area contributed by atoms with E-state index in [2.05, 4.69) is 33.6 Å². The van der Waals surface area contributed by atoms with E-state index in [9.17, 15) is 4.79 Å². The third-order valence-electron chi connectivity index (χ3n) is 4.84. The summed E-state index contributed by atoms with van der Waals surface area (Å²) in [5.74, 6) is -0.142. The van der Waals surface area contributed by atoms with Crippen molar-refractivity contribution in [2.45, 2.75) is 6.54 Å². The monoisotopic (exact) mass is 478 g/mol. The quantitative estimate of drug-likeness (QED) is 0.105. The van der Waals surface area contributed by atoms with Gasteiger partial charge in [0.05, 0.1) is 0 Å². The molecule has 0 bridgehead atoms. The standard InChI is InChI=1S/C26H23ClN4O.ClH/c1-19(17-31(2)18-21-6-4-3-5-7-21)26(32)25(16-20-8-12-23(27)13-9-20)22-10-14-24(15-11-22)29-30-28;/h3-16H,1,17-18H2,2H3;1H/b25-16-;. The molecule has 168 valence electrons. The zero-order valence-corrected chi connectivity index (χ0v) is 19.8. The number of likely N-dealkylation sites (N-methyl/N-ethyl adjacent to an activating group) is 1. The van der Waals surface area contributed by atoms with E-state index >= 15 is 0 Å². The molecule has 0 amide bonds. The van der Waals surface area contributed by atoms with E-state index in [4.69, 9.17) is 17.1 Å². The van der Waals surface area contributed by atoms with Crippen molar-refractivity contribution in [2.75, 3.05) is 13.6 Å². The third-order valence-corrected chi connectivity index (χ3v) is 5.09. The Labute approximate surface area is 205 Å². The van der Waals surface area contributed by atoms with Crippen LogP contribution < -0.4 is 0 Å². The zero-order valence-electron chi connectivity index (χ0n) is 18.2. The van der Waals surface area contributed by atoms with Crippen LogP contribution in [0.5, 0.6) is 0 Å². The average molecular weight is 479 g/mol. The second-order valence-electron chi connectivity index (χ2n) is 7.44. The van der Waals surface area contributed by atoms with Crippen molar-refractivity contribution in [1.82, 2.24) is 4.90 Å². The van der Waals surface area contributed by atoms with Crippen LogP contribution in [0.3, 0.4) is 0 Å². The van der Waals surface area contributed by atoms with Gasteiger partial charge in [-0.3, -0.25) is 9.69 Å². The first kappa shape index (κ1) is 25.9. The molecular weight excluding hydrogens is 455 g/mol. The molecule has 0 saturated heterocycles. The molecule has 0 N–H and O–H groups in total. The predicted molar refractivity (Wildman–Crippen MR) is 139 cm³/mol. The molecule has 0 saturated carbocycles. The number of halogens is 2. The fraction of sp³-hybridized carbons (Fsp3) is 0.115. The van der Waals surface area contributed by atoms with Gasteiger partial charge in [-0.05, 0) is 47.5 Å². The molecule has 7 heteroatoms. The Morgan fingerprint density at radius 3 is 2.30 bits per heavy atom. The number of carbonyl (C=O) groups excluding carboxylic acids is 1. The first-order valence-electron chi connectivity index (χ1n) is 10.0. The number of hydrogen-bond donors (Lipinski definition) is 0. The Kier molecular flexibility index (Phi) is 9.92. The van der Waals surface area contributed by atoms with Crippen LogP contribution in [0.2, 0.25) is 5.02 Å². The minimum absolute atomic E-state index is 0. The summed E-state index contributed by atoms with van der Waals surface area (Å²) in [5, 5.41) is 4.22. The number of carbonyl (C=O) groups is 1. The minimum Gasteiger partial charge on any atom is -0.298 e. The molecule has 0 aromatic heterocycles. The lowest BCUT2D eigenvalue weighted by Gasteiger charge is -2.18. The van der Waals surface area contributed by atoms with E-state index in [0.29, 0.717) is 40.5 Å². The number of azide groups is 1. The van der Waals surface area contributed by atoms with Gasteiger partial charge in [0.15, 0.2) is 5.78 Å². The fourth-order valence-electron chi connectivity index (χ4n) is 3.30. The van der Waals surface area contributed by atoms with Gasteiger partial charge >= 0.3 is 0 Å². The maximum atomic E-state index is 13.4. The molecule has 0 fully saturated rings. The molecule has 0 aliphatic rings. The molecule has 0 aliphatic carbocycles. The highest BCUT2D eigenvalue weighted by molar-refractivity contribution is 6.32. The summed E-state index contributed by atoms with van der Waals surface area (Å²) in [6, 6.07) is 24.3. The molecule has 0 heterocycles. The zero-order chi connectivity index (χ0) is 22.9. The van der Waals surface area contributed by atoms with Crippen molar-refractivity contribution in [3.63, 3.8) is 0 Å². The summed E-state index contributed by atoms with van der Waals surface area (Å²) < 4.78 is 0. The van der Waals surface area contributed by atoms with E-state index in [1.165, 1.54) is 5.56 Å². The first-order chi connectivity index (χ1) is 15.5. The van der Waals surface area contributed by atoms with E-state index in [1.54, 1.807) is 36.4 Å². The van der Waals surface area contributed by atoms with Crippen LogP contribution in [0.4, 0.5) is 5.69 Å². The summed E-state index contributed by atoms with van der Waals surface area (Å²) in [7, 11) is 1.96. The second kappa shape index (κ2) is 12.6. The molecule has 33 heavy (non-hydrogen) atoms. The minimum atomic E-state index is -0.142. The first-order valence-corrected chi connectivity index (χ1v) is 10.4. The van der Waals surface area contributed by atoms with Gasteiger partial charge in [0.2, 0.25) is 0 Å². The number of Topliss-reactive ketones (excluding diaryl/α,β-unsaturated/α-hetero) is 1. The predicted octanol–water partition coefficient (Wildman–Crippen LogP) is 7.50. The van der Waals surface area contributed by atoms with E-state index < -0.39 is 0 Å². The van der Waals surface area contributed by atoms with E-state index in [0.717, 1.165) is 5.56 Å². The molecule has 0 unspecified atom stereocenters. The molecule has 0 spiro atoms. The van der Waals surface area contributed by atoms with Crippen LogP contribution in [0.1, 0.15) is 16.7 Å². The number of hydrogen-bond acceptors (Lipinski definition) is 3. The third kappa shape index (κ3) is 7.63. The van der Waals surface area contributed by atoms with Crippen LogP contribution in [0.25, 0.3) is 22.1 Å². The maximum Gasteiger partial charge on any atom is 0.190 e. The Bertz CT molecular complexity index is 1170. The number of nitrogens with zero attached hydrogens (tertiary/aromatic N) is 4. The van der Waals surface area contributed by atoms with Crippen molar-refractivity contribution in [2.24, 2.45) is 5.11 Å². The van der Waals surface area contributed by atoms with Gasteiger partial charge in [0.1, 0.15) is 0 Å².